The van der Waals surface area contributed by atoms with Gasteiger partial charge in [0, 0.05) is 11.8 Å². The van der Waals surface area contributed by atoms with Crippen molar-refractivity contribution in [2.45, 2.75) is 31.0 Å². The van der Waals surface area contributed by atoms with Gasteiger partial charge in [0.25, 0.3) is 5.56 Å². The van der Waals surface area contributed by atoms with Crippen LogP contribution in [-0.2, 0) is 20.7 Å². The molecule has 0 spiro atoms. The summed E-state index contributed by atoms with van der Waals surface area (Å²) in [4.78, 5) is 36.7. The molecule has 10 heteroatoms. The minimum Gasteiger partial charge on any atom is -0.469 e. The van der Waals surface area contributed by atoms with Crippen LogP contribution in [0.1, 0.15) is 11.8 Å². The fraction of sp³-hybridized carbons (Fsp3) is 0.583. The van der Waals surface area contributed by atoms with E-state index in [0.717, 1.165) is 17.9 Å². The largest absolute Gasteiger partial charge is 0.469 e. The van der Waals surface area contributed by atoms with Gasteiger partial charge in [-0.05, 0) is 0 Å². The number of esters is 1. The molecule has 1 aromatic rings. The summed E-state index contributed by atoms with van der Waals surface area (Å²) in [5.41, 5.74) is -1.71. The third-order valence-electron chi connectivity index (χ3n) is 3.40. The second kappa shape index (κ2) is 6.40. The van der Waals surface area contributed by atoms with Crippen LogP contribution in [-0.4, -0.2) is 62.9 Å². The molecule has 4 N–H and O–H groups in total. The van der Waals surface area contributed by atoms with Crippen LogP contribution in [0.4, 0.5) is 0 Å². The van der Waals surface area contributed by atoms with Crippen LogP contribution >= 0.6 is 0 Å². The standard InChI is InChI=1S/C12H16N2O8/c1-21-7(16)2-5-3-14(12(20)13-10(5)19)11-9(18)8(17)6(4-15)22-11/h3,6,8-9,11,15,17-18H,2,4H2,1H3,(H,13,19,20)/t6-,8-,9+,11-/m1/s1. The first-order chi connectivity index (χ1) is 10.4. The van der Waals surface area contributed by atoms with Crippen LogP contribution in [0.2, 0.25) is 0 Å². The molecule has 0 bridgehead atoms. The van der Waals surface area contributed by atoms with Gasteiger partial charge in [-0.2, -0.15) is 0 Å². The zero-order valence-electron chi connectivity index (χ0n) is 11.6. The number of nitrogens with zero attached hydrogens (tertiary/aromatic N) is 1. The highest BCUT2D eigenvalue weighted by atomic mass is 16.6. The first-order valence-electron chi connectivity index (χ1n) is 6.42. The SMILES string of the molecule is COC(=O)Cc1cn([C@@H]2O[C@H](CO)[C@@H](O)[C@@H]2O)c(=O)[nH]c1=O. The van der Waals surface area contributed by atoms with Gasteiger partial charge < -0.3 is 24.8 Å². The van der Waals surface area contributed by atoms with Crippen LogP contribution in [0, 0.1) is 0 Å². The molecule has 22 heavy (non-hydrogen) atoms. The summed E-state index contributed by atoms with van der Waals surface area (Å²) in [6.07, 6.45) is -4.56. The lowest BCUT2D eigenvalue weighted by atomic mass is 10.1. The van der Waals surface area contributed by atoms with Crippen molar-refractivity contribution in [3.05, 3.63) is 32.6 Å². The number of carbonyl (C=O) groups is 1. The third-order valence-corrected chi connectivity index (χ3v) is 3.40. The number of ether oxygens (including phenoxy) is 2. The van der Waals surface area contributed by atoms with Gasteiger partial charge in [-0.25, -0.2) is 4.79 Å². The smallest absolute Gasteiger partial charge is 0.330 e. The molecule has 4 atom stereocenters. The maximum atomic E-state index is 11.8. The average molecular weight is 316 g/mol. The summed E-state index contributed by atoms with van der Waals surface area (Å²) >= 11 is 0. The number of methoxy groups -OCH3 is 1. The Balaban J connectivity index is 2.39. The molecule has 10 nitrogen and oxygen atoms in total. The van der Waals surface area contributed by atoms with E-state index in [-0.39, 0.29) is 12.0 Å². The third kappa shape index (κ3) is 2.95. The first kappa shape index (κ1) is 16.4. The Bertz CT molecular complexity index is 666. The quantitative estimate of drug-likeness (QED) is 0.425. The summed E-state index contributed by atoms with van der Waals surface area (Å²) < 4.78 is 10.5. The van der Waals surface area contributed by atoms with Crippen molar-refractivity contribution in [1.82, 2.24) is 9.55 Å². The zero-order chi connectivity index (χ0) is 16.4. The number of aromatic amines is 1. The molecule has 0 aliphatic carbocycles. The van der Waals surface area contributed by atoms with Gasteiger partial charge >= 0.3 is 11.7 Å². The Morgan fingerprint density at radius 2 is 2.09 bits per heavy atom. The minimum absolute atomic E-state index is 0.0656. The van der Waals surface area contributed by atoms with Crippen molar-refractivity contribution >= 4 is 5.97 Å². The lowest BCUT2D eigenvalue weighted by molar-refractivity contribution is -0.139. The van der Waals surface area contributed by atoms with Crippen molar-refractivity contribution in [3.63, 3.8) is 0 Å². The second-order valence-corrected chi connectivity index (χ2v) is 4.80. The summed E-state index contributed by atoms with van der Waals surface area (Å²) in [5.74, 6) is -0.683. The summed E-state index contributed by atoms with van der Waals surface area (Å²) in [6, 6.07) is 0. The second-order valence-electron chi connectivity index (χ2n) is 4.80. The molecule has 1 aromatic heterocycles. The average Bonchev–Trinajstić information content (AvgIpc) is 2.77. The number of hydrogen-bond acceptors (Lipinski definition) is 8. The van der Waals surface area contributed by atoms with E-state index in [1.165, 1.54) is 0 Å². The number of aliphatic hydroxyl groups excluding tert-OH is 3. The summed E-state index contributed by atoms with van der Waals surface area (Å²) in [5, 5.41) is 28.6. The molecule has 0 unspecified atom stereocenters. The van der Waals surface area contributed by atoms with Gasteiger partial charge in [-0.3, -0.25) is 19.1 Å². The fourth-order valence-corrected chi connectivity index (χ4v) is 2.18. The molecular weight excluding hydrogens is 300 g/mol. The highest BCUT2D eigenvalue weighted by molar-refractivity contribution is 5.72. The van der Waals surface area contributed by atoms with Gasteiger partial charge in [-0.1, -0.05) is 0 Å². The number of carbonyl (C=O) groups excluding carboxylic acids is 1. The predicted molar refractivity (Wildman–Crippen MR) is 70.1 cm³/mol. The number of aromatic nitrogens is 2. The van der Waals surface area contributed by atoms with E-state index >= 15 is 0 Å². The van der Waals surface area contributed by atoms with E-state index in [4.69, 9.17) is 9.84 Å². The molecule has 1 fully saturated rings. The molecule has 0 radical (unpaired) electrons. The lowest BCUT2D eigenvalue weighted by Crippen LogP contribution is -2.39. The summed E-state index contributed by atoms with van der Waals surface area (Å²) in [7, 11) is 1.15. The number of hydrogen-bond donors (Lipinski definition) is 4. The van der Waals surface area contributed by atoms with Crippen LogP contribution in [0.5, 0.6) is 0 Å². The van der Waals surface area contributed by atoms with E-state index in [2.05, 4.69) is 4.74 Å². The van der Waals surface area contributed by atoms with Gasteiger partial charge in [0.2, 0.25) is 0 Å². The molecule has 122 valence electrons. The van der Waals surface area contributed by atoms with Gasteiger partial charge in [0.05, 0.1) is 20.1 Å². The minimum atomic E-state index is -1.48. The topological polar surface area (TPSA) is 151 Å². The molecule has 1 saturated heterocycles. The fourth-order valence-electron chi connectivity index (χ4n) is 2.18. The first-order valence-corrected chi connectivity index (χ1v) is 6.42. The predicted octanol–water partition coefficient (Wildman–Crippen LogP) is -3.14. The number of aliphatic hydroxyl groups is 3. The molecule has 0 saturated carbocycles. The van der Waals surface area contributed by atoms with E-state index in [1.807, 2.05) is 4.98 Å². The van der Waals surface area contributed by atoms with Gasteiger partial charge in [0.15, 0.2) is 6.23 Å². The van der Waals surface area contributed by atoms with Crippen molar-refractivity contribution < 1.29 is 29.6 Å². The summed E-state index contributed by atoms with van der Waals surface area (Å²) in [6.45, 7) is -0.554. The Labute approximate surface area is 123 Å². The molecular formula is C12H16N2O8. The van der Waals surface area contributed by atoms with Gasteiger partial charge in [-0.15, -0.1) is 0 Å². The van der Waals surface area contributed by atoms with Crippen LogP contribution < -0.4 is 11.2 Å². The van der Waals surface area contributed by atoms with Crippen molar-refractivity contribution in [1.29, 1.82) is 0 Å². The van der Waals surface area contributed by atoms with Crippen LogP contribution in [0.15, 0.2) is 15.8 Å². The Hall–Kier alpha value is -2.01. The number of nitrogens with one attached hydrogen (secondary N) is 1. The normalized spacial score (nSPS) is 27.8. The Morgan fingerprint density at radius 3 is 2.64 bits per heavy atom. The molecule has 1 aliphatic rings. The molecule has 2 heterocycles. The lowest BCUT2D eigenvalue weighted by Gasteiger charge is -2.17. The highest BCUT2D eigenvalue weighted by Gasteiger charge is 2.43. The van der Waals surface area contributed by atoms with Crippen LogP contribution in [0.3, 0.4) is 0 Å². The Kier molecular flexibility index (Phi) is 4.76. The van der Waals surface area contributed by atoms with Crippen molar-refractivity contribution in [3.8, 4) is 0 Å². The van der Waals surface area contributed by atoms with Crippen LogP contribution in [0.25, 0.3) is 0 Å². The van der Waals surface area contributed by atoms with Crippen molar-refractivity contribution in [2.75, 3.05) is 13.7 Å². The van der Waals surface area contributed by atoms with E-state index in [0.29, 0.717) is 0 Å². The van der Waals surface area contributed by atoms with E-state index < -0.39 is 48.4 Å². The molecule has 0 amide bonds. The van der Waals surface area contributed by atoms with E-state index in [9.17, 15) is 24.6 Å². The number of H-pyrrole nitrogens is 1. The Morgan fingerprint density at radius 1 is 1.41 bits per heavy atom. The monoisotopic (exact) mass is 316 g/mol. The maximum Gasteiger partial charge on any atom is 0.330 e. The number of rotatable bonds is 4. The zero-order valence-corrected chi connectivity index (χ0v) is 11.6. The van der Waals surface area contributed by atoms with E-state index in [1.54, 1.807) is 0 Å². The molecule has 2 rings (SSSR count). The highest BCUT2D eigenvalue weighted by Crippen LogP contribution is 2.27. The molecule has 1 aliphatic heterocycles. The maximum absolute atomic E-state index is 11.8. The van der Waals surface area contributed by atoms with Crippen molar-refractivity contribution in [2.24, 2.45) is 0 Å². The molecule has 0 aromatic carbocycles. The van der Waals surface area contributed by atoms with Gasteiger partial charge in [0.1, 0.15) is 18.3 Å².